The molecule has 2 aliphatic rings. The van der Waals surface area contributed by atoms with Gasteiger partial charge < -0.3 is 15.3 Å². The molecule has 2 fully saturated rings. The molecule has 2 aliphatic heterocycles. The molecule has 0 radical (unpaired) electrons. The van der Waals surface area contributed by atoms with Gasteiger partial charge in [0, 0.05) is 13.1 Å². The normalized spacial score (nSPS) is 27.9. The first-order chi connectivity index (χ1) is 9.16. The number of nitrogens with one attached hydrogen (secondary N) is 1. The largest absolute Gasteiger partial charge is 0.387 e. The van der Waals surface area contributed by atoms with Crippen LogP contribution in [0.15, 0.2) is 18.3 Å². The van der Waals surface area contributed by atoms with Gasteiger partial charge in [0.1, 0.15) is 0 Å². The average molecular weight is 261 g/mol. The second-order valence-corrected chi connectivity index (χ2v) is 5.37. The Morgan fingerprint density at radius 3 is 3.05 bits per heavy atom. The molecule has 2 unspecified atom stereocenters. The van der Waals surface area contributed by atoms with Gasteiger partial charge in [-0.15, -0.1) is 0 Å². The van der Waals surface area contributed by atoms with Gasteiger partial charge in [-0.05, 0) is 31.9 Å². The number of nitrogens with zero attached hydrogens (tertiary/aromatic N) is 2. The molecule has 3 atom stereocenters. The highest BCUT2D eigenvalue weighted by Crippen LogP contribution is 2.31. The number of rotatable bonds is 2. The standard InChI is InChI=1S/C14H19N3O2/c1-9(18)12-5-4-10(7-15-12)17-6-2-3-11-13(17)8-16-14(11)19/h4-5,7,9,11,13,18H,2-3,6,8H2,1H3,(H,16,19)/t9-,11?,13?/m0/s1. The van der Waals surface area contributed by atoms with Crippen LogP contribution >= 0.6 is 0 Å². The summed E-state index contributed by atoms with van der Waals surface area (Å²) in [6, 6.07) is 4.09. The van der Waals surface area contributed by atoms with Crippen LogP contribution in [0.2, 0.25) is 0 Å². The van der Waals surface area contributed by atoms with Gasteiger partial charge in [-0.1, -0.05) is 0 Å². The van der Waals surface area contributed by atoms with Gasteiger partial charge in [0.15, 0.2) is 0 Å². The Morgan fingerprint density at radius 2 is 2.37 bits per heavy atom. The fourth-order valence-corrected chi connectivity index (χ4v) is 3.09. The first-order valence-corrected chi connectivity index (χ1v) is 6.85. The van der Waals surface area contributed by atoms with E-state index in [1.165, 1.54) is 0 Å². The van der Waals surface area contributed by atoms with E-state index in [1.54, 1.807) is 13.1 Å². The van der Waals surface area contributed by atoms with Crippen molar-refractivity contribution in [2.45, 2.75) is 31.9 Å². The number of carbonyl (C=O) groups excluding carboxylic acids is 1. The van der Waals surface area contributed by atoms with Crippen LogP contribution in [0.4, 0.5) is 5.69 Å². The monoisotopic (exact) mass is 261 g/mol. The maximum Gasteiger partial charge on any atom is 0.225 e. The smallest absolute Gasteiger partial charge is 0.225 e. The van der Waals surface area contributed by atoms with Crippen molar-refractivity contribution in [3.05, 3.63) is 24.0 Å². The Bertz CT molecular complexity index is 472. The summed E-state index contributed by atoms with van der Waals surface area (Å²) in [6.07, 6.45) is 3.27. The molecule has 0 bridgehead atoms. The van der Waals surface area contributed by atoms with E-state index in [4.69, 9.17) is 0 Å². The van der Waals surface area contributed by atoms with Crippen LogP contribution in [0.1, 0.15) is 31.6 Å². The first kappa shape index (κ1) is 12.4. The highest BCUT2D eigenvalue weighted by Gasteiger charge is 2.40. The van der Waals surface area contributed by atoms with Gasteiger partial charge in [-0.3, -0.25) is 9.78 Å². The fraction of sp³-hybridized carbons (Fsp3) is 0.571. The number of aromatic nitrogens is 1. The molecule has 5 nitrogen and oxygen atoms in total. The Morgan fingerprint density at radius 1 is 1.53 bits per heavy atom. The topological polar surface area (TPSA) is 65.5 Å². The summed E-state index contributed by atoms with van der Waals surface area (Å²) >= 11 is 0. The molecule has 19 heavy (non-hydrogen) atoms. The zero-order chi connectivity index (χ0) is 13.4. The lowest BCUT2D eigenvalue weighted by Gasteiger charge is -2.37. The van der Waals surface area contributed by atoms with Crippen molar-refractivity contribution in [1.29, 1.82) is 0 Å². The van der Waals surface area contributed by atoms with Gasteiger partial charge in [-0.2, -0.15) is 0 Å². The summed E-state index contributed by atoms with van der Waals surface area (Å²) in [5.41, 5.74) is 1.72. The van der Waals surface area contributed by atoms with Crippen LogP contribution < -0.4 is 10.2 Å². The third kappa shape index (κ3) is 2.18. The molecule has 3 rings (SSSR count). The number of amides is 1. The number of aliphatic hydroxyl groups excluding tert-OH is 1. The summed E-state index contributed by atoms with van der Waals surface area (Å²) in [5.74, 6) is 0.299. The molecule has 5 heteroatoms. The van der Waals surface area contributed by atoms with Crippen molar-refractivity contribution in [2.24, 2.45) is 5.92 Å². The molecule has 3 heterocycles. The predicted octanol–water partition coefficient (Wildman–Crippen LogP) is 0.850. The minimum absolute atomic E-state index is 0.116. The van der Waals surface area contributed by atoms with E-state index >= 15 is 0 Å². The quantitative estimate of drug-likeness (QED) is 0.828. The van der Waals surface area contributed by atoms with E-state index in [0.717, 1.165) is 31.6 Å². The fourth-order valence-electron chi connectivity index (χ4n) is 3.09. The first-order valence-electron chi connectivity index (χ1n) is 6.85. The number of anilines is 1. The minimum atomic E-state index is -0.544. The number of aliphatic hydroxyl groups is 1. The van der Waals surface area contributed by atoms with Crippen molar-refractivity contribution in [1.82, 2.24) is 10.3 Å². The van der Waals surface area contributed by atoms with E-state index in [9.17, 15) is 9.90 Å². The number of hydrogen-bond donors (Lipinski definition) is 2. The van der Waals surface area contributed by atoms with Crippen molar-refractivity contribution in [2.75, 3.05) is 18.0 Å². The Kier molecular flexibility index (Phi) is 3.14. The van der Waals surface area contributed by atoms with Crippen LogP contribution in [0.25, 0.3) is 0 Å². The number of hydrogen-bond acceptors (Lipinski definition) is 4. The lowest BCUT2D eigenvalue weighted by Crippen LogP contribution is -2.45. The summed E-state index contributed by atoms with van der Waals surface area (Å²) in [6.45, 7) is 3.39. The number of pyridine rings is 1. The maximum atomic E-state index is 11.7. The molecule has 1 amide bonds. The molecule has 1 aromatic heterocycles. The molecule has 2 N–H and O–H groups in total. The molecule has 0 saturated carbocycles. The van der Waals surface area contributed by atoms with Crippen LogP contribution in [-0.4, -0.2) is 35.1 Å². The molecule has 2 saturated heterocycles. The molecular formula is C14H19N3O2. The molecule has 0 aliphatic carbocycles. The van der Waals surface area contributed by atoms with Crippen molar-refractivity contribution < 1.29 is 9.90 Å². The van der Waals surface area contributed by atoms with Gasteiger partial charge in [0.25, 0.3) is 0 Å². The number of piperidine rings is 1. The highest BCUT2D eigenvalue weighted by molar-refractivity contribution is 5.83. The van der Waals surface area contributed by atoms with E-state index in [2.05, 4.69) is 15.2 Å². The van der Waals surface area contributed by atoms with Gasteiger partial charge in [-0.25, -0.2) is 0 Å². The van der Waals surface area contributed by atoms with E-state index in [0.29, 0.717) is 5.69 Å². The van der Waals surface area contributed by atoms with Crippen LogP contribution in [0.3, 0.4) is 0 Å². The van der Waals surface area contributed by atoms with Crippen LogP contribution in [0, 0.1) is 5.92 Å². The van der Waals surface area contributed by atoms with Crippen LogP contribution in [0.5, 0.6) is 0 Å². The zero-order valence-electron chi connectivity index (χ0n) is 11.0. The van der Waals surface area contributed by atoms with Crippen molar-refractivity contribution in [3.8, 4) is 0 Å². The zero-order valence-corrected chi connectivity index (χ0v) is 11.0. The second-order valence-electron chi connectivity index (χ2n) is 5.37. The summed E-state index contributed by atoms with van der Waals surface area (Å²) in [5, 5.41) is 12.4. The van der Waals surface area contributed by atoms with E-state index < -0.39 is 6.10 Å². The summed E-state index contributed by atoms with van der Waals surface area (Å²) in [7, 11) is 0. The lowest BCUT2D eigenvalue weighted by atomic mass is 9.91. The Hall–Kier alpha value is -1.62. The highest BCUT2D eigenvalue weighted by atomic mass is 16.3. The van der Waals surface area contributed by atoms with Crippen LogP contribution in [-0.2, 0) is 4.79 Å². The second kappa shape index (κ2) is 4.81. The molecular weight excluding hydrogens is 242 g/mol. The molecule has 0 aromatic carbocycles. The molecule has 1 aromatic rings. The molecule has 0 spiro atoms. The summed E-state index contributed by atoms with van der Waals surface area (Å²) < 4.78 is 0. The van der Waals surface area contributed by atoms with Crippen molar-refractivity contribution in [3.63, 3.8) is 0 Å². The van der Waals surface area contributed by atoms with Crippen molar-refractivity contribution >= 4 is 11.6 Å². The summed E-state index contributed by atoms with van der Waals surface area (Å²) in [4.78, 5) is 18.3. The third-order valence-corrected chi connectivity index (χ3v) is 4.13. The maximum absolute atomic E-state index is 11.7. The predicted molar refractivity (Wildman–Crippen MR) is 71.7 cm³/mol. The lowest BCUT2D eigenvalue weighted by molar-refractivity contribution is -0.122. The van der Waals surface area contributed by atoms with E-state index in [1.807, 2.05) is 12.1 Å². The van der Waals surface area contributed by atoms with Gasteiger partial charge >= 0.3 is 0 Å². The van der Waals surface area contributed by atoms with E-state index in [-0.39, 0.29) is 17.9 Å². The molecule has 102 valence electrons. The van der Waals surface area contributed by atoms with Gasteiger partial charge in [0.2, 0.25) is 5.91 Å². The number of carbonyl (C=O) groups is 1. The third-order valence-electron chi connectivity index (χ3n) is 4.13. The SMILES string of the molecule is C[C@H](O)c1ccc(N2CCCC3C(=O)NCC32)cn1. The average Bonchev–Trinajstić information content (AvgIpc) is 2.81. The minimum Gasteiger partial charge on any atom is -0.387 e. The Labute approximate surface area is 112 Å². The van der Waals surface area contributed by atoms with Gasteiger partial charge in [0.05, 0.1) is 35.6 Å². The Balaban J connectivity index is 1.83. The number of fused-ring (bicyclic) bond motifs is 1.